The Bertz CT molecular complexity index is 394. The van der Waals surface area contributed by atoms with E-state index in [9.17, 15) is 5.11 Å². The molecule has 2 aliphatic rings. The summed E-state index contributed by atoms with van der Waals surface area (Å²) in [5, 5.41) is 12.7. The molecule has 1 aromatic rings. The van der Waals surface area contributed by atoms with Crippen molar-refractivity contribution in [2.24, 2.45) is 11.8 Å². The summed E-state index contributed by atoms with van der Waals surface area (Å²) in [4.78, 5) is 5.12. The molecule has 94 valence electrons. The fourth-order valence-electron chi connectivity index (χ4n) is 3.08. The molecule has 0 spiro atoms. The Balaban J connectivity index is 1.63. The lowest BCUT2D eigenvalue weighted by molar-refractivity contribution is 0.371. The molecule has 1 aliphatic carbocycles. The quantitative estimate of drug-likeness (QED) is 0.869. The zero-order valence-corrected chi connectivity index (χ0v) is 11.0. The van der Waals surface area contributed by atoms with Gasteiger partial charge >= 0.3 is 0 Å². The molecule has 4 nitrogen and oxygen atoms in total. The molecule has 0 bridgehead atoms. The van der Waals surface area contributed by atoms with Gasteiger partial charge in [0.15, 0.2) is 0 Å². The van der Waals surface area contributed by atoms with Gasteiger partial charge in [0.25, 0.3) is 0 Å². The number of aromatic nitrogens is 1. The number of thiazole rings is 1. The molecule has 2 fully saturated rings. The molecule has 0 radical (unpaired) electrons. The minimum Gasteiger partial charge on any atom is -0.492 e. The van der Waals surface area contributed by atoms with E-state index in [2.05, 4.69) is 15.4 Å². The molecule has 1 saturated carbocycles. The van der Waals surface area contributed by atoms with Crippen LogP contribution in [0.2, 0.25) is 0 Å². The van der Waals surface area contributed by atoms with Crippen LogP contribution in [0.15, 0.2) is 0 Å². The van der Waals surface area contributed by atoms with Crippen molar-refractivity contribution in [3.05, 3.63) is 4.88 Å². The van der Waals surface area contributed by atoms with E-state index < -0.39 is 0 Å². The molecule has 2 heterocycles. The number of hydrogen-bond donors (Lipinski definition) is 2. The molecule has 3 rings (SSSR count). The molecular weight excluding hydrogens is 234 g/mol. The van der Waals surface area contributed by atoms with Crippen LogP contribution < -0.4 is 5.43 Å². The van der Waals surface area contributed by atoms with Crippen molar-refractivity contribution in [1.82, 2.24) is 9.99 Å². The van der Waals surface area contributed by atoms with Crippen molar-refractivity contribution in [3.63, 3.8) is 0 Å². The summed E-state index contributed by atoms with van der Waals surface area (Å²) in [6, 6.07) is 0. The van der Waals surface area contributed by atoms with E-state index in [1.165, 1.54) is 19.3 Å². The highest BCUT2D eigenvalue weighted by atomic mass is 32.1. The Labute approximate surface area is 106 Å². The molecule has 1 aromatic heterocycles. The van der Waals surface area contributed by atoms with Crippen molar-refractivity contribution in [3.8, 4) is 5.88 Å². The minimum absolute atomic E-state index is 0.194. The molecule has 5 heteroatoms. The van der Waals surface area contributed by atoms with E-state index in [1.807, 2.05) is 6.92 Å². The summed E-state index contributed by atoms with van der Waals surface area (Å²) >= 11 is 1.56. The first-order valence-corrected chi connectivity index (χ1v) is 7.28. The maximum absolute atomic E-state index is 9.61. The summed E-state index contributed by atoms with van der Waals surface area (Å²) in [7, 11) is 0. The lowest BCUT2D eigenvalue weighted by Gasteiger charge is -2.16. The van der Waals surface area contributed by atoms with Gasteiger partial charge in [0.2, 0.25) is 11.0 Å². The maximum atomic E-state index is 9.61. The molecule has 1 saturated heterocycles. The average molecular weight is 253 g/mol. The van der Waals surface area contributed by atoms with Crippen molar-refractivity contribution in [2.45, 2.75) is 32.6 Å². The van der Waals surface area contributed by atoms with Crippen LogP contribution in [-0.4, -0.2) is 28.2 Å². The van der Waals surface area contributed by atoms with Crippen LogP contribution in [0.3, 0.4) is 0 Å². The number of aromatic hydroxyl groups is 1. The van der Waals surface area contributed by atoms with Crippen molar-refractivity contribution in [2.75, 3.05) is 18.5 Å². The van der Waals surface area contributed by atoms with Crippen molar-refractivity contribution in [1.29, 1.82) is 0 Å². The van der Waals surface area contributed by atoms with Gasteiger partial charge in [-0.3, -0.25) is 5.43 Å². The van der Waals surface area contributed by atoms with Gasteiger partial charge in [-0.2, -0.15) is 4.98 Å². The summed E-state index contributed by atoms with van der Waals surface area (Å²) in [5.41, 5.74) is 3.35. The molecule has 2 N–H and O–H groups in total. The van der Waals surface area contributed by atoms with Crippen LogP contribution >= 0.6 is 11.3 Å². The zero-order valence-electron chi connectivity index (χ0n) is 10.1. The third-order valence-electron chi connectivity index (χ3n) is 3.98. The van der Waals surface area contributed by atoms with Crippen molar-refractivity contribution >= 4 is 16.5 Å². The Hall–Kier alpha value is -0.810. The number of hydrazine groups is 1. The largest absolute Gasteiger partial charge is 0.492 e. The number of nitrogens with one attached hydrogen (secondary N) is 1. The lowest BCUT2D eigenvalue weighted by Crippen LogP contribution is -2.28. The van der Waals surface area contributed by atoms with Gasteiger partial charge in [0.05, 0.1) is 4.88 Å². The van der Waals surface area contributed by atoms with Gasteiger partial charge in [-0.15, -0.1) is 0 Å². The smallest absolute Gasteiger partial charge is 0.227 e. The standard InChI is InChI=1S/C12H19N3OS/c1-2-10-11(16)13-12(17-10)14-15-6-8-4-3-5-9(8)7-15/h8-9,16H,2-7H2,1H3,(H,13,14). The predicted octanol–water partition coefficient (Wildman–Crippen LogP) is 2.47. The van der Waals surface area contributed by atoms with Crippen LogP contribution in [0.25, 0.3) is 0 Å². The SMILES string of the molecule is CCc1sc(NN2CC3CCCC3C2)nc1O. The van der Waals surface area contributed by atoms with Gasteiger partial charge in [-0.05, 0) is 31.1 Å². The normalized spacial score (nSPS) is 28.5. The molecular formula is C12H19N3OS. The summed E-state index contributed by atoms with van der Waals surface area (Å²) in [6.45, 7) is 4.30. The molecule has 0 aromatic carbocycles. The summed E-state index contributed by atoms with van der Waals surface area (Å²) < 4.78 is 0. The van der Waals surface area contributed by atoms with E-state index in [4.69, 9.17) is 0 Å². The van der Waals surface area contributed by atoms with Crippen LogP contribution in [0.5, 0.6) is 5.88 Å². The molecule has 1 aliphatic heterocycles. The number of aryl methyl sites for hydroxylation is 1. The number of nitrogens with zero attached hydrogens (tertiary/aromatic N) is 2. The Morgan fingerprint density at radius 2 is 2.12 bits per heavy atom. The van der Waals surface area contributed by atoms with Crippen LogP contribution in [0, 0.1) is 11.8 Å². The number of anilines is 1. The zero-order chi connectivity index (χ0) is 11.8. The topological polar surface area (TPSA) is 48.4 Å². The third-order valence-corrected chi connectivity index (χ3v) is 5.07. The highest BCUT2D eigenvalue weighted by molar-refractivity contribution is 7.15. The first kappa shape index (κ1) is 11.3. The van der Waals surface area contributed by atoms with E-state index in [0.717, 1.165) is 41.4 Å². The second-order valence-corrected chi connectivity index (χ2v) is 6.17. The fraction of sp³-hybridized carbons (Fsp3) is 0.750. The van der Waals surface area contributed by atoms with Gasteiger partial charge in [0.1, 0.15) is 0 Å². The van der Waals surface area contributed by atoms with Crippen LogP contribution in [-0.2, 0) is 6.42 Å². The monoisotopic (exact) mass is 253 g/mol. The van der Waals surface area contributed by atoms with Gasteiger partial charge in [-0.1, -0.05) is 24.7 Å². The highest BCUT2D eigenvalue weighted by Crippen LogP contribution is 2.38. The van der Waals surface area contributed by atoms with Crippen LogP contribution in [0.1, 0.15) is 31.1 Å². The van der Waals surface area contributed by atoms with E-state index in [-0.39, 0.29) is 5.88 Å². The summed E-state index contributed by atoms with van der Waals surface area (Å²) in [6.07, 6.45) is 5.01. The average Bonchev–Trinajstić information content (AvgIpc) is 2.93. The Morgan fingerprint density at radius 1 is 1.41 bits per heavy atom. The lowest BCUT2D eigenvalue weighted by atomic mass is 10.0. The molecule has 17 heavy (non-hydrogen) atoms. The second-order valence-electron chi connectivity index (χ2n) is 5.09. The second kappa shape index (κ2) is 4.46. The highest BCUT2D eigenvalue weighted by Gasteiger charge is 2.36. The molecule has 2 atom stereocenters. The molecule has 0 amide bonds. The number of fused-ring (bicyclic) bond motifs is 1. The fourth-order valence-corrected chi connectivity index (χ4v) is 3.90. The maximum Gasteiger partial charge on any atom is 0.227 e. The third kappa shape index (κ3) is 2.13. The Kier molecular flexibility index (Phi) is 2.96. The molecule has 2 unspecified atom stereocenters. The summed E-state index contributed by atoms with van der Waals surface area (Å²) in [5.74, 6) is 1.95. The van der Waals surface area contributed by atoms with E-state index in [0.29, 0.717) is 0 Å². The van der Waals surface area contributed by atoms with Crippen LogP contribution in [0.4, 0.5) is 5.13 Å². The first-order chi connectivity index (χ1) is 8.26. The van der Waals surface area contributed by atoms with E-state index >= 15 is 0 Å². The number of rotatable bonds is 3. The van der Waals surface area contributed by atoms with E-state index in [1.54, 1.807) is 11.3 Å². The minimum atomic E-state index is 0.194. The first-order valence-electron chi connectivity index (χ1n) is 6.46. The number of hydrogen-bond acceptors (Lipinski definition) is 5. The van der Waals surface area contributed by atoms with Gasteiger partial charge in [-0.25, -0.2) is 5.01 Å². The predicted molar refractivity (Wildman–Crippen MR) is 69.2 cm³/mol. The van der Waals surface area contributed by atoms with Gasteiger partial charge < -0.3 is 5.11 Å². The van der Waals surface area contributed by atoms with Crippen molar-refractivity contribution < 1.29 is 5.11 Å². The van der Waals surface area contributed by atoms with Gasteiger partial charge in [0, 0.05) is 13.1 Å². The Morgan fingerprint density at radius 3 is 2.71 bits per heavy atom.